The van der Waals surface area contributed by atoms with Crippen molar-refractivity contribution in [2.24, 2.45) is 5.92 Å². The van der Waals surface area contributed by atoms with Gasteiger partial charge in [0.2, 0.25) is 11.8 Å². The molecule has 1 aliphatic heterocycles. The molecule has 0 saturated carbocycles. The number of hydrogen-bond donors (Lipinski definition) is 1. The number of rotatable bonds is 7. The highest BCUT2D eigenvalue weighted by molar-refractivity contribution is 7.98. The molecule has 23 heavy (non-hydrogen) atoms. The smallest absolute Gasteiger partial charge is 0.224 e. The fraction of sp³-hybridized carbons (Fsp3) is 0.529. The third kappa shape index (κ3) is 5.53. The van der Waals surface area contributed by atoms with Crippen molar-refractivity contribution in [1.29, 1.82) is 0 Å². The highest BCUT2D eigenvalue weighted by Gasteiger charge is 2.29. The number of likely N-dealkylation sites (tertiary alicyclic amines) is 1. The molecule has 0 aromatic heterocycles. The molecule has 1 aromatic rings. The zero-order valence-electron chi connectivity index (χ0n) is 13.4. The second kappa shape index (κ2) is 8.91. The van der Waals surface area contributed by atoms with Gasteiger partial charge in [0.1, 0.15) is 5.82 Å². The van der Waals surface area contributed by atoms with E-state index in [1.54, 1.807) is 22.7 Å². The normalized spacial score (nSPS) is 18.1. The lowest BCUT2D eigenvalue weighted by Crippen LogP contribution is -2.46. The van der Waals surface area contributed by atoms with E-state index in [4.69, 9.17) is 0 Å². The summed E-state index contributed by atoms with van der Waals surface area (Å²) >= 11 is 1.69. The van der Waals surface area contributed by atoms with Crippen molar-refractivity contribution in [2.45, 2.75) is 19.3 Å². The summed E-state index contributed by atoms with van der Waals surface area (Å²) in [5.74, 6) is 0.596. The van der Waals surface area contributed by atoms with E-state index in [1.807, 2.05) is 12.3 Å². The van der Waals surface area contributed by atoms with Crippen LogP contribution in [0.4, 0.5) is 4.39 Å². The van der Waals surface area contributed by atoms with Gasteiger partial charge in [-0.1, -0.05) is 12.1 Å². The number of piperidine rings is 1. The first kappa shape index (κ1) is 17.8. The largest absolute Gasteiger partial charge is 0.355 e. The van der Waals surface area contributed by atoms with Crippen LogP contribution < -0.4 is 5.32 Å². The van der Waals surface area contributed by atoms with E-state index < -0.39 is 0 Å². The summed E-state index contributed by atoms with van der Waals surface area (Å²) < 4.78 is 13.2. The van der Waals surface area contributed by atoms with Gasteiger partial charge in [0, 0.05) is 31.8 Å². The Kier molecular flexibility index (Phi) is 6.89. The van der Waals surface area contributed by atoms with Crippen molar-refractivity contribution in [3.05, 3.63) is 35.6 Å². The van der Waals surface area contributed by atoms with Crippen LogP contribution in [-0.4, -0.2) is 48.4 Å². The zero-order valence-corrected chi connectivity index (χ0v) is 14.2. The Bertz CT molecular complexity index is 553. The van der Waals surface area contributed by atoms with E-state index in [2.05, 4.69) is 5.32 Å². The molecule has 6 heteroatoms. The Hall–Kier alpha value is -1.56. The second-order valence-electron chi connectivity index (χ2n) is 5.74. The van der Waals surface area contributed by atoms with Crippen LogP contribution in [-0.2, 0) is 16.0 Å². The first-order chi connectivity index (χ1) is 11.1. The Morgan fingerprint density at radius 3 is 3.04 bits per heavy atom. The molecule has 1 heterocycles. The lowest BCUT2D eigenvalue weighted by atomic mass is 9.96. The quantitative estimate of drug-likeness (QED) is 0.775. The third-order valence-corrected chi connectivity index (χ3v) is 4.65. The Balaban J connectivity index is 1.85. The van der Waals surface area contributed by atoms with Crippen LogP contribution in [0.25, 0.3) is 0 Å². The molecule has 0 radical (unpaired) electrons. The van der Waals surface area contributed by atoms with E-state index in [-0.39, 0.29) is 23.5 Å². The topological polar surface area (TPSA) is 49.4 Å². The lowest BCUT2D eigenvalue weighted by molar-refractivity contribution is -0.138. The maximum absolute atomic E-state index is 13.2. The van der Waals surface area contributed by atoms with Gasteiger partial charge >= 0.3 is 0 Å². The molecule has 1 aromatic carbocycles. The summed E-state index contributed by atoms with van der Waals surface area (Å²) in [4.78, 5) is 25.9. The summed E-state index contributed by atoms with van der Waals surface area (Å²) in [6, 6.07) is 6.42. The first-order valence-corrected chi connectivity index (χ1v) is 9.28. The van der Waals surface area contributed by atoms with Gasteiger partial charge in [0.05, 0.1) is 5.92 Å². The number of nitrogens with one attached hydrogen (secondary N) is 1. The van der Waals surface area contributed by atoms with E-state index in [1.165, 1.54) is 12.1 Å². The third-order valence-electron chi connectivity index (χ3n) is 4.04. The minimum Gasteiger partial charge on any atom is -0.355 e. The van der Waals surface area contributed by atoms with Crippen molar-refractivity contribution in [3.63, 3.8) is 0 Å². The van der Waals surface area contributed by atoms with Crippen molar-refractivity contribution in [2.75, 3.05) is 31.6 Å². The van der Waals surface area contributed by atoms with Crippen LogP contribution in [0.3, 0.4) is 0 Å². The van der Waals surface area contributed by atoms with Gasteiger partial charge < -0.3 is 10.2 Å². The van der Waals surface area contributed by atoms with Gasteiger partial charge in [-0.3, -0.25) is 9.59 Å². The van der Waals surface area contributed by atoms with Crippen molar-refractivity contribution < 1.29 is 14.0 Å². The average molecular weight is 338 g/mol. The lowest BCUT2D eigenvalue weighted by Gasteiger charge is -2.32. The van der Waals surface area contributed by atoms with Crippen molar-refractivity contribution in [3.8, 4) is 0 Å². The Morgan fingerprint density at radius 1 is 1.48 bits per heavy atom. The number of hydrogen-bond acceptors (Lipinski definition) is 3. The van der Waals surface area contributed by atoms with Crippen LogP contribution in [0.1, 0.15) is 18.4 Å². The van der Waals surface area contributed by atoms with Gasteiger partial charge in [0.25, 0.3) is 0 Å². The molecule has 4 nitrogen and oxygen atoms in total. The molecule has 1 N–H and O–H groups in total. The average Bonchev–Trinajstić information content (AvgIpc) is 2.54. The SMILES string of the molecule is CSCCNC(=O)[C@H]1CCC(=O)N(CCc2cccc(F)c2)C1. The highest BCUT2D eigenvalue weighted by Crippen LogP contribution is 2.18. The molecular weight excluding hydrogens is 315 g/mol. The molecule has 1 aliphatic rings. The number of amides is 2. The summed E-state index contributed by atoms with van der Waals surface area (Å²) in [5.41, 5.74) is 0.865. The van der Waals surface area contributed by atoms with Crippen LogP contribution in [0.2, 0.25) is 0 Å². The number of carbonyl (C=O) groups is 2. The molecule has 1 atom stereocenters. The maximum atomic E-state index is 13.2. The maximum Gasteiger partial charge on any atom is 0.224 e. The van der Waals surface area contributed by atoms with Crippen LogP contribution in [0, 0.1) is 11.7 Å². The number of halogens is 1. The van der Waals surface area contributed by atoms with Crippen LogP contribution >= 0.6 is 11.8 Å². The summed E-state index contributed by atoms with van der Waals surface area (Å²) in [5, 5.41) is 2.92. The van der Waals surface area contributed by atoms with Crippen LogP contribution in [0.5, 0.6) is 0 Å². The molecule has 1 fully saturated rings. The van der Waals surface area contributed by atoms with Gasteiger partial charge in [-0.15, -0.1) is 0 Å². The molecule has 0 spiro atoms. The summed E-state index contributed by atoms with van der Waals surface area (Å²) in [6.45, 7) is 1.64. The zero-order chi connectivity index (χ0) is 16.7. The molecule has 2 rings (SSSR count). The van der Waals surface area contributed by atoms with E-state index in [0.29, 0.717) is 38.9 Å². The highest BCUT2D eigenvalue weighted by atomic mass is 32.2. The molecule has 1 saturated heterocycles. The minimum absolute atomic E-state index is 0.0299. The first-order valence-electron chi connectivity index (χ1n) is 7.89. The second-order valence-corrected chi connectivity index (χ2v) is 6.72. The molecule has 126 valence electrons. The van der Waals surface area contributed by atoms with Crippen LogP contribution in [0.15, 0.2) is 24.3 Å². The Labute approximate surface area is 140 Å². The van der Waals surface area contributed by atoms with Gasteiger partial charge in [0.15, 0.2) is 0 Å². The molecule has 2 amide bonds. The number of thioether (sulfide) groups is 1. The number of carbonyl (C=O) groups excluding carboxylic acids is 2. The molecular formula is C17H23FN2O2S. The van der Waals surface area contributed by atoms with Crippen molar-refractivity contribution >= 4 is 23.6 Å². The number of benzene rings is 1. The van der Waals surface area contributed by atoms with E-state index in [0.717, 1.165) is 11.3 Å². The summed E-state index contributed by atoms with van der Waals surface area (Å²) in [6.07, 6.45) is 3.62. The molecule has 0 unspecified atom stereocenters. The fourth-order valence-corrected chi connectivity index (χ4v) is 3.03. The monoisotopic (exact) mass is 338 g/mol. The fourth-order valence-electron chi connectivity index (χ4n) is 2.72. The van der Waals surface area contributed by atoms with Crippen molar-refractivity contribution in [1.82, 2.24) is 10.2 Å². The van der Waals surface area contributed by atoms with Gasteiger partial charge in [-0.25, -0.2) is 4.39 Å². The number of nitrogens with zero attached hydrogens (tertiary/aromatic N) is 1. The molecule has 0 bridgehead atoms. The van der Waals surface area contributed by atoms with E-state index >= 15 is 0 Å². The molecule has 0 aliphatic carbocycles. The Morgan fingerprint density at radius 2 is 2.30 bits per heavy atom. The van der Waals surface area contributed by atoms with Gasteiger partial charge in [-0.05, 0) is 36.8 Å². The predicted octanol–water partition coefficient (Wildman–Crippen LogP) is 2.09. The van der Waals surface area contributed by atoms with E-state index in [9.17, 15) is 14.0 Å². The predicted molar refractivity (Wildman–Crippen MR) is 90.8 cm³/mol. The minimum atomic E-state index is -0.265. The summed E-state index contributed by atoms with van der Waals surface area (Å²) in [7, 11) is 0. The standard InChI is InChI=1S/C17H23FN2O2S/c1-23-10-8-19-17(22)14-5-6-16(21)20(12-14)9-7-13-3-2-4-15(18)11-13/h2-4,11,14H,5-10,12H2,1H3,(H,19,22)/t14-/m0/s1. The van der Waals surface area contributed by atoms with Gasteiger partial charge in [-0.2, -0.15) is 11.8 Å².